The lowest BCUT2D eigenvalue weighted by Gasteiger charge is -2.32. The van der Waals surface area contributed by atoms with Crippen molar-refractivity contribution >= 4 is 11.5 Å². The van der Waals surface area contributed by atoms with Gasteiger partial charge in [-0.3, -0.25) is 9.69 Å². The first-order chi connectivity index (χ1) is 17.6. The Bertz CT molecular complexity index is 1260. The number of fused-ring (bicyclic) bond motifs is 8. The van der Waals surface area contributed by atoms with Gasteiger partial charge in [-0.15, -0.1) is 0 Å². The van der Waals surface area contributed by atoms with E-state index in [2.05, 4.69) is 51.2 Å². The molecule has 2 aromatic carbocycles. The molecule has 0 amide bonds. The summed E-state index contributed by atoms with van der Waals surface area (Å²) < 4.78 is 5.59. The number of Topliss-reactive ketones (excluding diaryl/α,β-unsaturated/α-hetero) is 1. The molecule has 2 atom stereocenters. The van der Waals surface area contributed by atoms with Crippen molar-refractivity contribution in [2.24, 2.45) is 0 Å². The van der Waals surface area contributed by atoms with Crippen LogP contribution in [0.4, 0.5) is 5.69 Å². The van der Waals surface area contributed by atoms with Crippen LogP contribution in [0.15, 0.2) is 54.7 Å². The van der Waals surface area contributed by atoms with Gasteiger partial charge in [-0.25, -0.2) is 9.97 Å². The van der Waals surface area contributed by atoms with Crippen LogP contribution >= 0.6 is 0 Å². The molecule has 1 N–H and O–H groups in total. The number of aliphatic hydroxyl groups excluding tert-OH is 1. The monoisotopic (exact) mass is 484 g/mol. The fourth-order valence-electron chi connectivity index (χ4n) is 5.74. The van der Waals surface area contributed by atoms with Crippen molar-refractivity contribution in [1.29, 1.82) is 0 Å². The predicted molar refractivity (Wildman–Crippen MR) is 138 cm³/mol. The number of rotatable bonds is 1. The van der Waals surface area contributed by atoms with Gasteiger partial charge >= 0.3 is 0 Å². The van der Waals surface area contributed by atoms with Gasteiger partial charge in [0.25, 0.3) is 0 Å². The summed E-state index contributed by atoms with van der Waals surface area (Å²) in [5.41, 5.74) is 6.56. The zero-order valence-corrected chi connectivity index (χ0v) is 20.5. The number of carbonyl (C=O) groups is 1. The number of morpholine rings is 1. The van der Waals surface area contributed by atoms with Gasteiger partial charge in [0.15, 0.2) is 0 Å². The Hall–Kier alpha value is -3.13. The maximum absolute atomic E-state index is 13.4. The van der Waals surface area contributed by atoms with E-state index in [9.17, 15) is 9.90 Å². The molecule has 4 heterocycles. The van der Waals surface area contributed by atoms with E-state index in [1.54, 1.807) is 0 Å². The van der Waals surface area contributed by atoms with Crippen molar-refractivity contribution in [3.8, 4) is 11.3 Å². The van der Waals surface area contributed by atoms with E-state index >= 15 is 0 Å². The molecule has 3 aliphatic heterocycles. The van der Waals surface area contributed by atoms with Crippen LogP contribution in [0, 0.1) is 0 Å². The summed E-state index contributed by atoms with van der Waals surface area (Å²) in [5.74, 6) is 0.997. The number of carbonyl (C=O) groups excluding carboxylic acids is 1. The Balaban J connectivity index is 1.42. The Kier molecular flexibility index (Phi) is 6.52. The van der Waals surface area contributed by atoms with Gasteiger partial charge in [0.05, 0.1) is 31.1 Å². The maximum atomic E-state index is 13.4. The van der Waals surface area contributed by atoms with Gasteiger partial charge in [0.1, 0.15) is 11.6 Å². The standard InChI is InChI=1S/C29H32N4O3/c34-24-17-27-28(35)7-5-20-2-1-3-22(14-20)25-8-9-30-29(31-25)16-21-4-6-26(32-10-12-36-13-11-32)23(15-21)18-33(27)19-24/h1-4,6,8-9,14-15,24,27,34H,5,7,10-13,16-19H2/t24-,27+/m0/s1. The Morgan fingerprint density at radius 2 is 1.89 bits per heavy atom. The van der Waals surface area contributed by atoms with Crippen LogP contribution < -0.4 is 4.90 Å². The van der Waals surface area contributed by atoms with E-state index in [0.717, 1.165) is 41.3 Å². The minimum atomic E-state index is -0.478. The number of hydrogen-bond donors (Lipinski definition) is 1. The summed E-state index contributed by atoms with van der Waals surface area (Å²) in [4.78, 5) is 27.4. The molecule has 2 fully saturated rings. The molecule has 0 aliphatic carbocycles. The highest BCUT2D eigenvalue weighted by Gasteiger charge is 2.36. The van der Waals surface area contributed by atoms with Gasteiger partial charge in [-0.2, -0.15) is 0 Å². The van der Waals surface area contributed by atoms with E-state index < -0.39 is 6.10 Å². The zero-order chi connectivity index (χ0) is 24.5. The SMILES string of the molecule is O=C1CCc2cccc(c2)-c2ccnc(n2)Cc2ccc(N3CCOCC3)c(c2)CN2C[C@@H](O)C[C@H]12. The Morgan fingerprint density at radius 3 is 2.78 bits per heavy atom. The molecule has 2 saturated heterocycles. The predicted octanol–water partition coefficient (Wildman–Crippen LogP) is 3.02. The van der Waals surface area contributed by atoms with E-state index in [1.807, 2.05) is 18.3 Å². The molecular formula is C29H32N4O3. The smallest absolute Gasteiger partial charge is 0.150 e. The van der Waals surface area contributed by atoms with Crippen molar-refractivity contribution in [3.63, 3.8) is 0 Å². The average molecular weight is 485 g/mol. The van der Waals surface area contributed by atoms with Crippen molar-refractivity contribution in [2.45, 2.75) is 44.4 Å². The molecule has 0 saturated carbocycles. The largest absolute Gasteiger partial charge is 0.392 e. The highest BCUT2D eigenvalue weighted by atomic mass is 16.5. The number of hydrogen-bond acceptors (Lipinski definition) is 7. The minimum Gasteiger partial charge on any atom is -0.392 e. The molecule has 0 radical (unpaired) electrons. The lowest BCUT2D eigenvalue weighted by atomic mass is 9.98. The van der Waals surface area contributed by atoms with Crippen LogP contribution in [0.25, 0.3) is 11.3 Å². The third-order valence-corrected chi connectivity index (χ3v) is 7.57. The van der Waals surface area contributed by atoms with E-state index in [4.69, 9.17) is 9.72 Å². The molecule has 7 heteroatoms. The van der Waals surface area contributed by atoms with Gasteiger partial charge in [0, 0.05) is 56.5 Å². The van der Waals surface area contributed by atoms with Gasteiger partial charge < -0.3 is 14.7 Å². The van der Waals surface area contributed by atoms with Crippen LogP contribution in [-0.2, 0) is 28.9 Å². The normalized spacial score (nSPS) is 22.9. The quantitative estimate of drug-likeness (QED) is 0.569. The summed E-state index contributed by atoms with van der Waals surface area (Å²) >= 11 is 0. The fraction of sp³-hybridized carbons (Fsp3) is 0.414. The second kappa shape index (κ2) is 10.1. The van der Waals surface area contributed by atoms with Gasteiger partial charge in [-0.05, 0) is 47.7 Å². The second-order valence-corrected chi connectivity index (χ2v) is 10.1. The second-order valence-electron chi connectivity index (χ2n) is 10.1. The molecule has 36 heavy (non-hydrogen) atoms. The lowest BCUT2D eigenvalue weighted by molar-refractivity contribution is -0.123. The number of aliphatic hydroxyl groups is 1. The Morgan fingerprint density at radius 1 is 1.00 bits per heavy atom. The summed E-state index contributed by atoms with van der Waals surface area (Å²) in [7, 11) is 0. The first kappa shape index (κ1) is 23.3. The van der Waals surface area contributed by atoms with Gasteiger partial charge in [0.2, 0.25) is 0 Å². The summed E-state index contributed by atoms with van der Waals surface area (Å²) in [5, 5.41) is 10.5. The van der Waals surface area contributed by atoms with Crippen molar-refractivity contribution < 1.29 is 14.6 Å². The van der Waals surface area contributed by atoms with Crippen LogP contribution in [-0.4, -0.2) is 70.8 Å². The van der Waals surface area contributed by atoms with Crippen LogP contribution in [0.1, 0.15) is 35.4 Å². The van der Waals surface area contributed by atoms with Crippen molar-refractivity contribution in [1.82, 2.24) is 14.9 Å². The average Bonchev–Trinajstić information content (AvgIpc) is 3.28. The topological polar surface area (TPSA) is 78.8 Å². The first-order valence-corrected chi connectivity index (χ1v) is 12.9. The summed E-state index contributed by atoms with van der Waals surface area (Å²) in [6.45, 7) is 4.27. The molecule has 7 nitrogen and oxygen atoms in total. The highest BCUT2D eigenvalue weighted by molar-refractivity contribution is 5.84. The summed E-state index contributed by atoms with van der Waals surface area (Å²) in [6, 6.07) is 16.6. The fourth-order valence-corrected chi connectivity index (χ4v) is 5.74. The van der Waals surface area contributed by atoms with E-state index in [1.165, 1.54) is 11.3 Å². The molecule has 186 valence electrons. The molecule has 0 spiro atoms. The van der Waals surface area contributed by atoms with Crippen LogP contribution in [0.2, 0.25) is 0 Å². The van der Waals surface area contributed by atoms with Crippen LogP contribution in [0.3, 0.4) is 0 Å². The van der Waals surface area contributed by atoms with Crippen molar-refractivity contribution in [2.75, 3.05) is 37.7 Å². The van der Waals surface area contributed by atoms with Crippen LogP contribution in [0.5, 0.6) is 0 Å². The number of ether oxygens (including phenoxy) is 1. The number of aryl methyl sites for hydroxylation is 1. The molecular weight excluding hydrogens is 452 g/mol. The highest BCUT2D eigenvalue weighted by Crippen LogP contribution is 2.30. The number of anilines is 1. The molecule has 3 aliphatic rings. The van der Waals surface area contributed by atoms with Crippen molar-refractivity contribution in [3.05, 3.63) is 77.2 Å². The minimum absolute atomic E-state index is 0.206. The zero-order valence-electron chi connectivity index (χ0n) is 20.5. The lowest BCUT2D eigenvalue weighted by Crippen LogP contribution is -2.39. The maximum Gasteiger partial charge on any atom is 0.150 e. The molecule has 3 aromatic rings. The third-order valence-electron chi connectivity index (χ3n) is 7.57. The van der Waals surface area contributed by atoms with Gasteiger partial charge in [-0.1, -0.05) is 30.3 Å². The number of aromatic nitrogens is 2. The summed E-state index contributed by atoms with van der Waals surface area (Å²) in [6.07, 6.45) is 3.63. The molecule has 6 bridgehead atoms. The Labute approximate surface area is 211 Å². The molecule has 0 unspecified atom stereocenters. The molecule has 6 rings (SSSR count). The first-order valence-electron chi connectivity index (χ1n) is 12.9. The van der Waals surface area contributed by atoms with E-state index in [0.29, 0.717) is 52.0 Å². The molecule has 1 aromatic heterocycles. The number of ketones is 1. The third kappa shape index (κ3) is 4.91. The number of nitrogens with zero attached hydrogens (tertiary/aromatic N) is 4. The van der Waals surface area contributed by atoms with E-state index in [-0.39, 0.29) is 11.8 Å². The number of benzene rings is 2.